The molecule has 0 spiro atoms. The topological polar surface area (TPSA) is 0 Å². The van der Waals surface area contributed by atoms with E-state index in [1.54, 1.807) is 0 Å². The lowest BCUT2D eigenvalue weighted by molar-refractivity contribution is 1.22. The van der Waals surface area contributed by atoms with Crippen LogP contribution in [0.1, 0.15) is 33.6 Å². The lowest BCUT2D eigenvalue weighted by Crippen LogP contribution is -1.43. The van der Waals surface area contributed by atoms with Gasteiger partial charge in [-0.25, -0.2) is 0 Å². The second-order valence-electron chi connectivity index (χ2n) is 1.67. The molecule has 0 unspecified atom stereocenters. The highest BCUT2D eigenvalue weighted by molar-refractivity contribution is 4.73. The molecule has 0 rings (SSSR count). The Balaban J connectivity index is 0. The van der Waals surface area contributed by atoms with Gasteiger partial charge >= 0.3 is 0 Å². The van der Waals surface area contributed by atoms with Crippen LogP contribution < -0.4 is 0 Å². The first-order valence-electron chi connectivity index (χ1n) is 3.55. The molecule has 0 aromatic heterocycles. The zero-order valence-corrected chi connectivity index (χ0v) is 6.85. The Kier molecular flexibility index (Phi) is 19.6. The van der Waals surface area contributed by atoms with Crippen molar-refractivity contribution in [1.82, 2.24) is 0 Å². The summed E-state index contributed by atoms with van der Waals surface area (Å²) < 4.78 is 0. The highest BCUT2D eigenvalue weighted by atomic mass is 13.6. The molecule has 0 nitrogen and oxygen atoms in total. The average molecular weight is 126 g/mol. The van der Waals surface area contributed by atoms with Crippen LogP contribution >= 0.6 is 0 Å². The van der Waals surface area contributed by atoms with Gasteiger partial charge in [-0.15, -0.1) is 6.58 Å². The maximum Gasteiger partial charge on any atom is -0.0379 e. The summed E-state index contributed by atoms with van der Waals surface area (Å²) in [6, 6.07) is 0. The molecular formula is C9H18. The SMILES string of the molecule is C/C=C/CC.C=CCC. The lowest BCUT2D eigenvalue weighted by atomic mass is 10.4. The molecule has 0 amide bonds. The van der Waals surface area contributed by atoms with E-state index in [9.17, 15) is 0 Å². The van der Waals surface area contributed by atoms with Gasteiger partial charge in [-0.2, -0.15) is 0 Å². The van der Waals surface area contributed by atoms with Gasteiger partial charge in [0.1, 0.15) is 0 Å². The summed E-state index contributed by atoms with van der Waals surface area (Å²) in [6.45, 7) is 9.70. The van der Waals surface area contributed by atoms with E-state index in [1.165, 1.54) is 0 Å². The van der Waals surface area contributed by atoms with Crippen molar-refractivity contribution in [2.24, 2.45) is 0 Å². The van der Waals surface area contributed by atoms with E-state index in [2.05, 4.69) is 32.6 Å². The number of allylic oxidation sites excluding steroid dienone is 3. The standard InChI is InChI=1S/C5H10.C4H8/c1-3-5-4-2;1-3-4-2/h3,5H,4H2,1-2H3;3H,1,4H2,2H3/b5-3+;. The van der Waals surface area contributed by atoms with Gasteiger partial charge in [-0.3, -0.25) is 0 Å². The molecule has 0 heteroatoms. The predicted octanol–water partition coefficient (Wildman–Crippen LogP) is 3.55. The summed E-state index contributed by atoms with van der Waals surface area (Å²) in [7, 11) is 0. The number of rotatable bonds is 2. The fraction of sp³-hybridized carbons (Fsp3) is 0.556. The van der Waals surface area contributed by atoms with E-state index in [0.717, 1.165) is 12.8 Å². The van der Waals surface area contributed by atoms with Crippen molar-refractivity contribution in [1.29, 1.82) is 0 Å². The Morgan fingerprint density at radius 2 is 1.67 bits per heavy atom. The Morgan fingerprint density at radius 1 is 1.22 bits per heavy atom. The van der Waals surface area contributed by atoms with Crippen LogP contribution in [0, 0.1) is 0 Å². The van der Waals surface area contributed by atoms with Crippen LogP contribution in [-0.4, -0.2) is 0 Å². The second-order valence-corrected chi connectivity index (χ2v) is 1.67. The normalized spacial score (nSPS) is 8.33. The van der Waals surface area contributed by atoms with E-state index < -0.39 is 0 Å². The highest BCUT2D eigenvalue weighted by Crippen LogP contribution is 1.73. The van der Waals surface area contributed by atoms with Gasteiger partial charge in [0.25, 0.3) is 0 Å². The zero-order chi connectivity index (χ0) is 7.54. The molecule has 54 valence electrons. The van der Waals surface area contributed by atoms with Crippen LogP contribution in [0.25, 0.3) is 0 Å². The third-order valence-electron chi connectivity index (χ3n) is 0.760. The molecule has 0 radical (unpaired) electrons. The Labute approximate surface area is 59.3 Å². The van der Waals surface area contributed by atoms with Crippen molar-refractivity contribution in [2.75, 3.05) is 0 Å². The fourth-order valence-electron chi connectivity index (χ4n) is 0.236. The van der Waals surface area contributed by atoms with Crippen LogP contribution in [0.4, 0.5) is 0 Å². The summed E-state index contributed by atoms with van der Waals surface area (Å²) in [4.78, 5) is 0. The summed E-state index contributed by atoms with van der Waals surface area (Å²) in [5.41, 5.74) is 0. The van der Waals surface area contributed by atoms with Crippen LogP contribution in [-0.2, 0) is 0 Å². The largest absolute Gasteiger partial charge is 0.103 e. The molecule has 0 bridgehead atoms. The minimum Gasteiger partial charge on any atom is -0.103 e. The smallest absolute Gasteiger partial charge is 0.0379 e. The molecule has 0 heterocycles. The summed E-state index contributed by atoms with van der Waals surface area (Å²) in [6.07, 6.45) is 8.30. The molecule has 0 saturated carbocycles. The highest BCUT2D eigenvalue weighted by Gasteiger charge is 1.52. The quantitative estimate of drug-likeness (QED) is 0.496. The van der Waals surface area contributed by atoms with Crippen LogP contribution in [0.3, 0.4) is 0 Å². The third-order valence-corrected chi connectivity index (χ3v) is 0.760. The molecule has 0 aliphatic rings. The van der Waals surface area contributed by atoms with Crippen molar-refractivity contribution in [3.8, 4) is 0 Å². The van der Waals surface area contributed by atoms with Crippen molar-refractivity contribution in [3.63, 3.8) is 0 Å². The van der Waals surface area contributed by atoms with E-state index in [4.69, 9.17) is 0 Å². The van der Waals surface area contributed by atoms with Gasteiger partial charge in [0.2, 0.25) is 0 Å². The van der Waals surface area contributed by atoms with Gasteiger partial charge in [-0.05, 0) is 19.8 Å². The van der Waals surface area contributed by atoms with Crippen molar-refractivity contribution >= 4 is 0 Å². The Bertz CT molecular complexity index is 60.4. The van der Waals surface area contributed by atoms with Crippen molar-refractivity contribution in [2.45, 2.75) is 33.6 Å². The van der Waals surface area contributed by atoms with Gasteiger partial charge in [0.15, 0.2) is 0 Å². The average Bonchev–Trinajstić information content (AvgIpc) is 1.91. The van der Waals surface area contributed by atoms with Gasteiger partial charge in [0.05, 0.1) is 0 Å². The predicted molar refractivity (Wildman–Crippen MR) is 45.6 cm³/mol. The molecule has 9 heavy (non-hydrogen) atoms. The Hall–Kier alpha value is -0.520. The van der Waals surface area contributed by atoms with E-state index >= 15 is 0 Å². The monoisotopic (exact) mass is 126 g/mol. The molecular weight excluding hydrogens is 108 g/mol. The first-order chi connectivity index (χ1) is 4.33. The first kappa shape index (κ1) is 11.3. The Morgan fingerprint density at radius 3 is 1.67 bits per heavy atom. The van der Waals surface area contributed by atoms with Crippen molar-refractivity contribution in [3.05, 3.63) is 24.8 Å². The minimum absolute atomic E-state index is 1.08. The summed E-state index contributed by atoms with van der Waals surface area (Å²) in [5.74, 6) is 0. The van der Waals surface area contributed by atoms with E-state index in [-0.39, 0.29) is 0 Å². The molecule has 0 aliphatic carbocycles. The van der Waals surface area contributed by atoms with Crippen LogP contribution in [0.15, 0.2) is 24.8 Å². The van der Waals surface area contributed by atoms with Crippen LogP contribution in [0.5, 0.6) is 0 Å². The summed E-state index contributed by atoms with van der Waals surface area (Å²) in [5, 5.41) is 0. The molecule has 0 aromatic rings. The lowest BCUT2D eigenvalue weighted by Gasteiger charge is -1.65. The molecule has 0 fully saturated rings. The van der Waals surface area contributed by atoms with Gasteiger partial charge in [-0.1, -0.05) is 32.1 Å². The minimum atomic E-state index is 1.08. The van der Waals surface area contributed by atoms with Gasteiger partial charge in [0, 0.05) is 0 Å². The molecule has 0 N–H and O–H groups in total. The molecule has 0 aromatic carbocycles. The second kappa shape index (κ2) is 15.6. The molecule has 0 aliphatic heterocycles. The molecule has 0 saturated heterocycles. The van der Waals surface area contributed by atoms with E-state index in [0.29, 0.717) is 0 Å². The maximum absolute atomic E-state index is 3.48. The number of hydrogen-bond acceptors (Lipinski definition) is 0. The van der Waals surface area contributed by atoms with Crippen molar-refractivity contribution < 1.29 is 0 Å². The zero-order valence-electron chi connectivity index (χ0n) is 6.85. The molecule has 0 atom stereocenters. The first-order valence-corrected chi connectivity index (χ1v) is 3.55. The van der Waals surface area contributed by atoms with Gasteiger partial charge < -0.3 is 0 Å². The van der Waals surface area contributed by atoms with E-state index in [1.807, 2.05) is 13.0 Å². The summed E-state index contributed by atoms with van der Waals surface area (Å²) >= 11 is 0. The van der Waals surface area contributed by atoms with Crippen LogP contribution in [0.2, 0.25) is 0 Å². The fourth-order valence-corrected chi connectivity index (χ4v) is 0.236. The third kappa shape index (κ3) is 36.5. The maximum atomic E-state index is 3.48. The number of hydrogen-bond donors (Lipinski definition) is 0.